The molecule has 3 rings (SSSR count). The molecule has 1 aliphatic rings. The summed E-state index contributed by atoms with van der Waals surface area (Å²) >= 11 is 0. The molecule has 2 heterocycles. The van der Waals surface area contributed by atoms with Gasteiger partial charge in [-0.25, -0.2) is 4.79 Å². The van der Waals surface area contributed by atoms with Gasteiger partial charge in [0.05, 0.1) is 11.8 Å². The van der Waals surface area contributed by atoms with Crippen molar-refractivity contribution in [3.05, 3.63) is 52.6 Å². The smallest absolute Gasteiger partial charge is 0.354 e. The largest absolute Gasteiger partial charge is 0.390 e. The third-order valence-corrected chi connectivity index (χ3v) is 4.16. The Balaban J connectivity index is 1.71. The Morgan fingerprint density at radius 2 is 2.00 bits per heavy atom. The molecule has 0 unspecified atom stereocenters. The topological polar surface area (TPSA) is 110 Å². The Kier molecular flexibility index (Phi) is 4.42. The highest BCUT2D eigenvalue weighted by Gasteiger charge is 2.24. The van der Waals surface area contributed by atoms with Gasteiger partial charge < -0.3 is 16.6 Å². The van der Waals surface area contributed by atoms with E-state index in [1.54, 1.807) is 12.3 Å². The van der Waals surface area contributed by atoms with Crippen molar-refractivity contribution in [2.45, 2.75) is 25.1 Å². The average molecular weight is 315 g/mol. The summed E-state index contributed by atoms with van der Waals surface area (Å²) < 4.78 is 1.45. The van der Waals surface area contributed by atoms with E-state index in [2.05, 4.69) is 9.88 Å². The standard InChI is InChI=1S/C16H21N5O2/c17-13-5-7-20(10-14(13)22)9-11-1-3-12(4-2-11)21-8-6-15(18)19-16(21)23/h1-4,6,8,13-14,22H,5,7,9-10,17H2,(H2,18,19,23)/t13-,14-/m1/s1. The third-order valence-electron chi connectivity index (χ3n) is 4.16. The van der Waals surface area contributed by atoms with E-state index in [9.17, 15) is 9.90 Å². The molecule has 2 aromatic rings. The number of aliphatic hydroxyl groups is 1. The SMILES string of the molecule is Nc1ccn(-c2ccc(CN3CC[C@@H](N)[C@H](O)C3)cc2)c(=O)n1. The van der Waals surface area contributed by atoms with Crippen LogP contribution in [0, 0.1) is 0 Å². The van der Waals surface area contributed by atoms with E-state index in [1.165, 1.54) is 4.57 Å². The van der Waals surface area contributed by atoms with Crippen LogP contribution < -0.4 is 17.2 Å². The van der Waals surface area contributed by atoms with Crippen LogP contribution in [0.15, 0.2) is 41.3 Å². The van der Waals surface area contributed by atoms with E-state index in [1.807, 2.05) is 24.3 Å². The van der Waals surface area contributed by atoms with Gasteiger partial charge in [0.1, 0.15) is 5.82 Å². The molecule has 2 atom stereocenters. The summed E-state index contributed by atoms with van der Waals surface area (Å²) in [6.07, 6.45) is 1.94. The number of β-amino-alcohol motifs (C(OH)–C–C–N with tert-alkyl or cyclic N) is 1. The molecule has 0 saturated carbocycles. The Labute approximate surface area is 134 Å². The lowest BCUT2D eigenvalue weighted by atomic mass is 10.0. The first-order valence-electron chi connectivity index (χ1n) is 7.63. The van der Waals surface area contributed by atoms with Gasteiger partial charge in [0.2, 0.25) is 0 Å². The number of piperidine rings is 1. The van der Waals surface area contributed by atoms with E-state index >= 15 is 0 Å². The van der Waals surface area contributed by atoms with Crippen molar-refractivity contribution in [1.82, 2.24) is 14.5 Å². The molecule has 0 amide bonds. The van der Waals surface area contributed by atoms with Crippen molar-refractivity contribution in [1.29, 1.82) is 0 Å². The minimum atomic E-state index is -0.470. The minimum Gasteiger partial charge on any atom is -0.390 e. The molecule has 0 aliphatic carbocycles. The van der Waals surface area contributed by atoms with Crippen LogP contribution in [0.1, 0.15) is 12.0 Å². The fourth-order valence-corrected chi connectivity index (χ4v) is 2.79. The van der Waals surface area contributed by atoms with Crippen molar-refractivity contribution in [2.24, 2.45) is 5.73 Å². The monoisotopic (exact) mass is 315 g/mol. The second-order valence-corrected chi connectivity index (χ2v) is 5.93. The molecule has 5 N–H and O–H groups in total. The van der Waals surface area contributed by atoms with Gasteiger partial charge in [-0.3, -0.25) is 9.47 Å². The zero-order chi connectivity index (χ0) is 16.4. The number of aliphatic hydroxyl groups excluding tert-OH is 1. The Hall–Kier alpha value is -2.22. The number of nitrogens with two attached hydrogens (primary N) is 2. The maximum atomic E-state index is 11.8. The predicted octanol–water partition coefficient (Wildman–Crippen LogP) is -0.291. The summed E-state index contributed by atoms with van der Waals surface area (Å²) in [6.45, 7) is 2.21. The second kappa shape index (κ2) is 6.49. The van der Waals surface area contributed by atoms with Gasteiger partial charge in [0.15, 0.2) is 0 Å². The molecule has 1 aliphatic heterocycles. The lowest BCUT2D eigenvalue weighted by molar-refractivity contribution is 0.0499. The molecule has 0 bridgehead atoms. The number of nitrogens with zero attached hydrogens (tertiary/aromatic N) is 3. The van der Waals surface area contributed by atoms with E-state index in [0.717, 1.165) is 30.8 Å². The van der Waals surface area contributed by atoms with Gasteiger partial charge in [-0.05, 0) is 30.2 Å². The number of rotatable bonds is 3. The quantitative estimate of drug-likeness (QED) is 0.718. The Morgan fingerprint density at radius 3 is 2.65 bits per heavy atom. The highest BCUT2D eigenvalue weighted by Crippen LogP contribution is 2.15. The lowest BCUT2D eigenvalue weighted by Crippen LogP contribution is -2.50. The van der Waals surface area contributed by atoms with Crippen LogP contribution in [-0.4, -0.2) is 44.8 Å². The van der Waals surface area contributed by atoms with E-state index in [0.29, 0.717) is 6.54 Å². The van der Waals surface area contributed by atoms with Gasteiger partial charge in [-0.1, -0.05) is 12.1 Å². The maximum absolute atomic E-state index is 11.8. The van der Waals surface area contributed by atoms with E-state index < -0.39 is 11.8 Å². The number of likely N-dealkylation sites (tertiary alicyclic amines) is 1. The number of hydrogen-bond acceptors (Lipinski definition) is 6. The van der Waals surface area contributed by atoms with Gasteiger partial charge in [0, 0.05) is 31.9 Å². The summed E-state index contributed by atoms with van der Waals surface area (Å²) in [5.41, 5.74) is 12.8. The average Bonchev–Trinajstić information content (AvgIpc) is 2.52. The van der Waals surface area contributed by atoms with Gasteiger partial charge in [0.25, 0.3) is 0 Å². The number of anilines is 1. The zero-order valence-corrected chi connectivity index (χ0v) is 12.8. The van der Waals surface area contributed by atoms with Crippen molar-refractivity contribution in [2.75, 3.05) is 18.8 Å². The number of aromatic nitrogens is 2. The highest BCUT2D eigenvalue weighted by molar-refractivity contribution is 5.36. The minimum absolute atomic E-state index is 0.126. The van der Waals surface area contributed by atoms with Gasteiger partial charge >= 0.3 is 5.69 Å². The third kappa shape index (κ3) is 3.58. The van der Waals surface area contributed by atoms with Crippen molar-refractivity contribution >= 4 is 5.82 Å². The summed E-state index contributed by atoms with van der Waals surface area (Å²) in [6, 6.07) is 9.16. The predicted molar refractivity (Wildman–Crippen MR) is 88.1 cm³/mol. The van der Waals surface area contributed by atoms with E-state index in [4.69, 9.17) is 11.5 Å². The van der Waals surface area contributed by atoms with E-state index in [-0.39, 0.29) is 11.9 Å². The zero-order valence-electron chi connectivity index (χ0n) is 12.8. The first kappa shape index (κ1) is 15.7. The summed E-state index contributed by atoms with van der Waals surface area (Å²) in [7, 11) is 0. The number of nitrogen functional groups attached to an aromatic ring is 1. The van der Waals surface area contributed by atoms with Crippen LogP contribution in [0.5, 0.6) is 0 Å². The maximum Gasteiger partial charge on any atom is 0.354 e. The number of hydrogen-bond donors (Lipinski definition) is 3. The molecule has 1 aromatic carbocycles. The number of benzene rings is 1. The molecule has 1 aromatic heterocycles. The normalized spacial score (nSPS) is 22.2. The fourth-order valence-electron chi connectivity index (χ4n) is 2.79. The first-order valence-corrected chi connectivity index (χ1v) is 7.63. The van der Waals surface area contributed by atoms with Crippen molar-refractivity contribution < 1.29 is 5.11 Å². The molecule has 1 saturated heterocycles. The highest BCUT2D eigenvalue weighted by atomic mass is 16.3. The lowest BCUT2D eigenvalue weighted by Gasteiger charge is -2.34. The Bertz CT molecular complexity index is 728. The Morgan fingerprint density at radius 1 is 1.26 bits per heavy atom. The summed E-state index contributed by atoms with van der Waals surface area (Å²) in [4.78, 5) is 17.7. The molecule has 0 spiro atoms. The molecular formula is C16H21N5O2. The molecule has 23 heavy (non-hydrogen) atoms. The van der Waals surface area contributed by atoms with Crippen LogP contribution in [0.2, 0.25) is 0 Å². The molecular weight excluding hydrogens is 294 g/mol. The second-order valence-electron chi connectivity index (χ2n) is 5.93. The van der Waals surface area contributed by atoms with Crippen LogP contribution in [0.25, 0.3) is 5.69 Å². The fraction of sp³-hybridized carbons (Fsp3) is 0.375. The van der Waals surface area contributed by atoms with Crippen LogP contribution in [-0.2, 0) is 6.54 Å². The molecule has 0 radical (unpaired) electrons. The van der Waals surface area contributed by atoms with Crippen LogP contribution in [0.3, 0.4) is 0 Å². The summed E-state index contributed by atoms with van der Waals surface area (Å²) in [5.74, 6) is 0.213. The van der Waals surface area contributed by atoms with Gasteiger partial charge in [-0.15, -0.1) is 0 Å². The summed E-state index contributed by atoms with van der Waals surface area (Å²) in [5, 5.41) is 9.85. The van der Waals surface area contributed by atoms with Crippen LogP contribution in [0.4, 0.5) is 5.82 Å². The van der Waals surface area contributed by atoms with Crippen LogP contribution >= 0.6 is 0 Å². The molecule has 7 heteroatoms. The molecule has 7 nitrogen and oxygen atoms in total. The first-order chi connectivity index (χ1) is 11.0. The molecule has 122 valence electrons. The van der Waals surface area contributed by atoms with Crippen molar-refractivity contribution in [3.63, 3.8) is 0 Å². The molecule has 1 fully saturated rings. The van der Waals surface area contributed by atoms with Gasteiger partial charge in [-0.2, -0.15) is 4.98 Å². The van der Waals surface area contributed by atoms with Crippen molar-refractivity contribution in [3.8, 4) is 5.69 Å².